The zero-order chi connectivity index (χ0) is 18.1. The number of nitrogens with zero attached hydrogens (tertiary/aromatic N) is 4. The molecule has 4 rings (SSSR count). The van der Waals surface area contributed by atoms with Crippen LogP contribution in [-0.2, 0) is 5.75 Å². The van der Waals surface area contributed by atoms with Crippen LogP contribution in [0.15, 0.2) is 58.7 Å². The molecule has 26 heavy (non-hydrogen) atoms. The molecule has 9 heteroatoms. The molecule has 1 aromatic carbocycles. The van der Waals surface area contributed by atoms with E-state index in [4.69, 9.17) is 23.2 Å². The Balaban J connectivity index is 1.69. The smallest absolute Gasteiger partial charge is 0.262 e. The first kappa shape index (κ1) is 17.1. The van der Waals surface area contributed by atoms with Gasteiger partial charge in [0, 0.05) is 17.0 Å². The highest BCUT2D eigenvalue weighted by atomic mass is 35.5. The van der Waals surface area contributed by atoms with E-state index in [1.54, 1.807) is 29.1 Å². The Labute approximate surface area is 162 Å². The highest BCUT2D eigenvalue weighted by Gasteiger charge is 2.12. The lowest BCUT2D eigenvalue weighted by Crippen LogP contribution is -2.09. The summed E-state index contributed by atoms with van der Waals surface area (Å²) in [4.78, 5) is 23.7. The average Bonchev–Trinajstić information content (AvgIpc) is 3.06. The molecule has 0 unspecified atom stereocenters. The number of benzene rings is 1. The van der Waals surface area contributed by atoms with Crippen LogP contribution in [0.2, 0.25) is 10.2 Å². The number of hydrogen-bond donors (Lipinski definition) is 1. The molecule has 0 saturated carbocycles. The number of thioether (sulfide) groups is 1. The summed E-state index contributed by atoms with van der Waals surface area (Å²) in [5.74, 6) is 0.601. The van der Waals surface area contributed by atoms with Crippen molar-refractivity contribution in [1.82, 2.24) is 24.7 Å². The first-order valence-electron chi connectivity index (χ1n) is 7.57. The molecule has 3 heterocycles. The third-order valence-electron chi connectivity index (χ3n) is 3.63. The van der Waals surface area contributed by atoms with Crippen LogP contribution < -0.4 is 5.56 Å². The second kappa shape index (κ2) is 7.11. The third-order valence-corrected chi connectivity index (χ3v) is 5.04. The largest absolute Gasteiger partial charge is 0.301 e. The van der Waals surface area contributed by atoms with Crippen LogP contribution in [0.3, 0.4) is 0 Å². The zero-order valence-electron chi connectivity index (χ0n) is 13.2. The summed E-state index contributed by atoms with van der Waals surface area (Å²) in [6.07, 6.45) is 3.20. The lowest BCUT2D eigenvalue weighted by molar-refractivity contribution is 0.873. The minimum absolute atomic E-state index is 0.236. The third kappa shape index (κ3) is 3.46. The number of aromatic nitrogens is 5. The fourth-order valence-electron chi connectivity index (χ4n) is 2.41. The van der Waals surface area contributed by atoms with E-state index in [1.165, 1.54) is 18.0 Å². The number of fused-ring (bicyclic) bond motifs is 1. The number of aromatic amines is 1. The highest BCUT2D eigenvalue weighted by molar-refractivity contribution is 7.98. The molecule has 4 aromatic rings. The predicted molar refractivity (Wildman–Crippen MR) is 103 cm³/mol. The molecular weight excluding hydrogens is 393 g/mol. The molecule has 0 fully saturated rings. The predicted octanol–water partition coefficient (Wildman–Crippen LogP) is 4.10. The molecule has 0 atom stereocenters. The Bertz CT molecular complexity index is 1140. The molecule has 0 aliphatic carbocycles. The van der Waals surface area contributed by atoms with Gasteiger partial charge in [-0.1, -0.05) is 47.1 Å². The van der Waals surface area contributed by atoms with Crippen molar-refractivity contribution in [2.75, 3.05) is 0 Å². The number of hydrogen-bond acceptors (Lipinski definition) is 5. The summed E-state index contributed by atoms with van der Waals surface area (Å²) in [5, 5.41) is 6.22. The first-order chi connectivity index (χ1) is 12.6. The van der Waals surface area contributed by atoms with Crippen molar-refractivity contribution < 1.29 is 0 Å². The Morgan fingerprint density at radius 1 is 1.15 bits per heavy atom. The SMILES string of the molecule is O=c1[nH]c(SCc2ccc(Cl)nc2)nc2c1cnn2-c1cccc(Cl)c1. The maximum absolute atomic E-state index is 12.3. The summed E-state index contributed by atoms with van der Waals surface area (Å²) >= 11 is 13.2. The summed E-state index contributed by atoms with van der Waals surface area (Å²) in [6, 6.07) is 10.8. The molecule has 0 radical (unpaired) electrons. The Kier molecular flexibility index (Phi) is 4.67. The van der Waals surface area contributed by atoms with Crippen molar-refractivity contribution in [3.8, 4) is 5.69 Å². The molecule has 0 spiro atoms. The summed E-state index contributed by atoms with van der Waals surface area (Å²) in [6.45, 7) is 0. The number of H-pyrrole nitrogens is 1. The Morgan fingerprint density at radius 3 is 2.81 bits per heavy atom. The van der Waals surface area contributed by atoms with Gasteiger partial charge in [-0.05, 0) is 29.8 Å². The van der Waals surface area contributed by atoms with E-state index in [0.29, 0.717) is 32.1 Å². The van der Waals surface area contributed by atoms with Crippen molar-refractivity contribution in [1.29, 1.82) is 0 Å². The van der Waals surface area contributed by atoms with Crippen LogP contribution in [0.25, 0.3) is 16.7 Å². The van der Waals surface area contributed by atoms with Crippen molar-refractivity contribution in [2.24, 2.45) is 0 Å². The molecule has 130 valence electrons. The molecule has 3 aromatic heterocycles. The van der Waals surface area contributed by atoms with Gasteiger partial charge in [-0.25, -0.2) is 14.6 Å². The minimum atomic E-state index is -0.236. The van der Waals surface area contributed by atoms with Gasteiger partial charge >= 0.3 is 0 Å². The van der Waals surface area contributed by atoms with Crippen LogP contribution in [0.1, 0.15) is 5.56 Å². The summed E-state index contributed by atoms with van der Waals surface area (Å²) in [7, 11) is 0. The number of pyridine rings is 1. The maximum Gasteiger partial charge on any atom is 0.262 e. The van der Waals surface area contributed by atoms with Crippen molar-refractivity contribution in [3.63, 3.8) is 0 Å². The van der Waals surface area contributed by atoms with Gasteiger partial charge in [-0.3, -0.25) is 4.79 Å². The molecule has 6 nitrogen and oxygen atoms in total. The van der Waals surface area contributed by atoms with Gasteiger partial charge in [0.25, 0.3) is 5.56 Å². The lowest BCUT2D eigenvalue weighted by Gasteiger charge is -2.05. The molecular formula is C17H11Cl2N5OS. The monoisotopic (exact) mass is 403 g/mol. The van der Waals surface area contributed by atoms with Crippen molar-refractivity contribution >= 4 is 46.0 Å². The van der Waals surface area contributed by atoms with Crippen molar-refractivity contribution in [2.45, 2.75) is 10.9 Å². The second-order valence-corrected chi connectivity index (χ2v) is 7.21. The maximum atomic E-state index is 12.3. The van der Waals surface area contributed by atoms with Crippen LogP contribution in [0.5, 0.6) is 0 Å². The van der Waals surface area contributed by atoms with Gasteiger partial charge in [-0.15, -0.1) is 0 Å². The molecule has 0 amide bonds. The second-order valence-electron chi connectivity index (χ2n) is 5.42. The summed E-state index contributed by atoms with van der Waals surface area (Å²) < 4.78 is 1.60. The van der Waals surface area contributed by atoms with Crippen LogP contribution >= 0.6 is 35.0 Å². The molecule has 0 bridgehead atoms. The number of nitrogens with one attached hydrogen (secondary N) is 1. The average molecular weight is 404 g/mol. The van der Waals surface area contributed by atoms with Crippen LogP contribution in [0.4, 0.5) is 0 Å². The first-order valence-corrected chi connectivity index (χ1v) is 9.31. The molecule has 0 aliphatic heterocycles. The van der Waals surface area contributed by atoms with Gasteiger partial charge in [-0.2, -0.15) is 5.10 Å². The van der Waals surface area contributed by atoms with Crippen molar-refractivity contribution in [3.05, 3.63) is 74.9 Å². The van der Waals surface area contributed by atoms with Gasteiger partial charge < -0.3 is 4.98 Å². The molecule has 0 aliphatic rings. The van der Waals surface area contributed by atoms with Gasteiger partial charge in [0.15, 0.2) is 10.8 Å². The van der Waals surface area contributed by atoms with Gasteiger partial charge in [0.1, 0.15) is 10.5 Å². The van der Waals surface area contributed by atoms with E-state index in [-0.39, 0.29) is 5.56 Å². The zero-order valence-corrected chi connectivity index (χ0v) is 15.5. The lowest BCUT2D eigenvalue weighted by atomic mass is 10.3. The van der Waals surface area contributed by atoms with Crippen LogP contribution in [-0.4, -0.2) is 24.7 Å². The van der Waals surface area contributed by atoms with E-state index < -0.39 is 0 Å². The quantitative estimate of drug-likeness (QED) is 0.315. The topological polar surface area (TPSA) is 76.5 Å². The normalized spacial score (nSPS) is 11.2. The van der Waals surface area contributed by atoms with Crippen LogP contribution in [0, 0.1) is 0 Å². The van der Waals surface area contributed by atoms with E-state index in [2.05, 4.69) is 20.1 Å². The minimum Gasteiger partial charge on any atom is -0.301 e. The Hall–Kier alpha value is -2.35. The highest BCUT2D eigenvalue weighted by Crippen LogP contribution is 2.22. The Morgan fingerprint density at radius 2 is 2.04 bits per heavy atom. The van der Waals surface area contributed by atoms with Gasteiger partial charge in [0.2, 0.25) is 0 Å². The van der Waals surface area contributed by atoms with E-state index in [9.17, 15) is 4.79 Å². The number of rotatable bonds is 4. The number of halogens is 2. The molecule has 1 N–H and O–H groups in total. The summed E-state index contributed by atoms with van der Waals surface area (Å²) in [5.41, 5.74) is 1.96. The van der Waals surface area contributed by atoms with E-state index >= 15 is 0 Å². The molecule has 0 saturated heterocycles. The standard InChI is InChI=1S/C17H11Cl2N5OS/c18-11-2-1-3-12(6-11)24-15-13(8-21-24)16(25)23-17(22-15)26-9-10-4-5-14(19)20-7-10/h1-8H,9H2,(H,22,23,25). The van der Waals surface area contributed by atoms with E-state index in [0.717, 1.165) is 11.3 Å². The van der Waals surface area contributed by atoms with Gasteiger partial charge in [0.05, 0.1) is 11.9 Å². The fraction of sp³-hybridized carbons (Fsp3) is 0.0588. The van der Waals surface area contributed by atoms with E-state index in [1.807, 2.05) is 18.2 Å². The fourth-order valence-corrected chi connectivity index (χ4v) is 3.49.